The molecule has 0 aliphatic heterocycles. The van der Waals surface area contributed by atoms with Gasteiger partial charge in [-0.15, -0.1) is 0 Å². The molecule has 1 aromatic rings. The van der Waals surface area contributed by atoms with Gasteiger partial charge in [-0.05, 0) is 23.6 Å². The maximum absolute atomic E-state index is 11.5. The van der Waals surface area contributed by atoms with Crippen molar-refractivity contribution in [2.75, 3.05) is 0 Å². The Kier molecular flexibility index (Phi) is 4.40. The van der Waals surface area contributed by atoms with Crippen LogP contribution in [0.3, 0.4) is 0 Å². The molecule has 0 aliphatic rings. The number of Topliss-reactive ketones (excluding diaryl/α,β-unsaturated/α-hetero) is 1. The van der Waals surface area contributed by atoms with E-state index in [1.807, 2.05) is 6.92 Å². The lowest BCUT2D eigenvalue weighted by Gasteiger charge is -2.12. The molecule has 0 aliphatic carbocycles. The van der Waals surface area contributed by atoms with Crippen molar-refractivity contribution in [2.24, 2.45) is 0 Å². The fourth-order valence-electron chi connectivity index (χ4n) is 1.69. The molecule has 92 valence electrons. The molecule has 0 bridgehead atoms. The third-order valence-electron chi connectivity index (χ3n) is 2.70. The van der Waals surface area contributed by atoms with Crippen molar-refractivity contribution in [2.45, 2.75) is 32.8 Å². The van der Waals surface area contributed by atoms with Crippen LogP contribution >= 0.6 is 0 Å². The van der Waals surface area contributed by atoms with Gasteiger partial charge in [-0.2, -0.15) is 0 Å². The summed E-state index contributed by atoms with van der Waals surface area (Å²) in [6, 6.07) is 4.74. The van der Waals surface area contributed by atoms with E-state index in [2.05, 4.69) is 0 Å². The van der Waals surface area contributed by atoms with Gasteiger partial charge in [0.25, 0.3) is 0 Å². The predicted molar refractivity (Wildman–Crippen MR) is 63.0 cm³/mol. The maximum Gasteiger partial charge on any atom is 0.337 e. The van der Waals surface area contributed by atoms with Crippen LogP contribution in [0.1, 0.15) is 47.9 Å². The van der Waals surface area contributed by atoms with Gasteiger partial charge in [0.2, 0.25) is 0 Å². The Morgan fingerprint density at radius 3 is 2.41 bits per heavy atom. The summed E-state index contributed by atoms with van der Waals surface area (Å²) in [5, 5.41) is 18.3. The number of aliphatic hydroxyl groups excluding tert-OH is 1. The largest absolute Gasteiger partial charge is 0.479 e. The van der Waals surface area contributed by atoms with E-state index in [-0.39, 0.29) is 5.78 Å². The van der Waals surface area contributed by atoms with Crippen molar-refractivity contribution in [1.29, 1.82) is 0 Å². The molecule has 0 fully saturated rings. The smallest absolute Gasteiger partial charge is 0.337 e. The van der Waals surface area contributed by atoms with Crippen LogP contribution in [0.2, 0.25) is 0 Å². The number of aliphatic hydroxyl groups is 1. The molecule has 1 unspecified atom stereocenters. The van der Waals surface area contributed by atoms with Crippen molar-refractivity contribution >= 4 is 11.8 Å². The number of carbonyl (C=O) groups excluding carboxylic acids is 1. The minimum Gasteiger partial charge on any atom is -0.479 e. The Hall–Kier alpha value is -1.68. The van der Waals surface area contributed by atoms with Crippen molar-refractivity contribution < 1.29 is 19.8 Å². The van der Waals surface area contributed by atoms with Gasteiger partial charge in [-0.1, -0.05) is 26.0 Å². The van der Waals surface area contributed by atoms with Crippen LogP contribution in [-0.4, -0.2) is 22.0 Å². The highest BCUT2D eigenvalue weighted by Crippen LogP contribution is 2.21. The zero-order chi connectivity index (χ0) is 13.0. The molecular formula is C13H16O4. The minimum absolute atomic E-state index is 0.0102. The molecular weight excluding hydrogens is 220 g/mol. The molecule has 1 rings (SSSR count). The van der Waals surface area contributed by atoms with Gasteiger partial charge < -0.3 is 10.2 Å². The Morgan fingerprint density at radius 2 is 1.94 bits per heavy atom. The van der Waals surface area contributed by atoms with Crippen LogP contribution in [-0.2, 0) is 11.2 Å². The molecule has 1 atom stereocenters. The number of hydrogen-bond acceptors (Lipinski definition) is 3. The molecule has 0 radical (unpaired) electrons. The summed E-state index contributed by atoms with van der Waals surface area (Å²) in [6.45, 7) is 3.63. The molecule has 2 N–H and O–H groups in total. The molecule has 4 heteroatoms. The minimum atomic E-state index is -1.53. The van der Waals surface area contributed by atoms with E-state index in [0.29, 0.717) is 29.5 Å². The van der Waals surface area contributed by atoms with Gasteiger partial charge in [0.15, 0.2) is 11.9 Å². The molecule has 0 heterocycles. The van der Waals surface area contributed by atoms with E-state index < -0.39 is 12.1 Å². The number of hydrogen-bond donors (Lipinski definition) is 2. The molecule has 4 nitrogen and oxygen atoms in total. The van der Waals surface area contributed by atoms with Gasteiger partial charge >= 0.3 is 5.97 Å². The summed E-state index contributed by atoms with van der Waals surface area (Å²) in [5.41, 5.74) is 1.61. The number of carboxylic acid groups (broad SMARTS) is 1. The lowest BCUT2D eigenvalue weighted by molar-refractivity contribution is -0.147. The van der Waals surface area contributed by atoms with E-state index in [9.17, 15) is 14.7 Å². The first-order valence-electron chi connectivity index (χ1n) is 5.58. The summed E-state index contributed by atoms with van der Waals surface area (Å²) in [7, 11) is 0. The standard InChI is InChI=1S/C13H16O4/c1-3-8-7-9(11(14)4-2)5-6-10(8)12(15)13(16)17/h5-7,12,15H,3-4H2,1-2H3,(H,16,17). The van der Waals surface area contributed by atoms with E-state index in [4.69, 9.17) is 5.11 Å². The number of aliphatic carboxylic acids is 1. The first-order valence-corrected chi connectivity index (χ1v) is 5.58. The highest BCUT2D eigenvalue weighted by molar-refractivity contribution is 5.96. The van der Waals surface area contributed by atoms with E-state index >= 15 is 0 Å². The zero-order valence-electron chi connectivity index (χ0n) is 9.93. The average Bonchev–Trinajstić information content (AvgIpc) is 2.35. The fourth-order valence-corrected chi connectivity index (χ4v) is 1.69. The van der Waals surface area contributed by atoms with Crippen LogP contribution in [0.15, 0.2) is 18.2 Å². The monoisotopic (exact) mass is 236 g/mol. The SMILES string of the molecule is CCC(=O)c1ccc(C(O)C(=O)O)c(CC)c1. The molecule has 17 heavy (non-hydrogen) atoms. The maximum atomic E-state index is 11.5. The topological polar surface area (TPSA) is 74.6 Å². The summed E-state index contributed by atoms with van der Waals surface area (Å²) in [5.74, 6) is -1.27. The normalized spacial score (nSPS) is 12.2. The molecule has 0 spiro atoms. The van der Waals surface area contributed by atoms with Crippen LogP contribution in [0.4, 0.5) is 0 Å². The second kappa shape index (κ2) is 5.59. The van der Waals surface area contributed by atoms with E-state index in [0.717, 1.165) is 0 Å². The zero-order valence-corrected chi connectivity index (χ0v) is 9.93. The number of carbonyl (C=O) groups is 2. The number of benzene rings is 1. The highest BCUT2D eigenvalue weighted by Gasteiger charge is 2.19. The summed E-state index contributed by atoms with van der Waals surface area (Å²) < 4.78 is 0. The number of aryl methyl sites for hydroxylation is 1. The number of rotatable bonds is 5. The number of carboxylic acids is 1. The first-order chi connectivity index (χ1) is 8.01. The summed E-state index contributed by atoms with van der Waals surface area (Å²) >= 11 is 0. The third-order valence-corrected chi connectivity index (χ3v) is 2.70. The van der Waals surface area contributed by atoms with Crippen molar-refractivity contribution in [3.8, 4) is 0 Å². The van der Waals surface area contributed by atoms with Crippen LogP contribution < -0.4 is 0 Å². The molecule has 1 aromatic carbocycles. The van der Waals surface area contributed by atoms with Gasteiger partial charge in [0.05, 0.1) is 0 Å². The second-order valence-electron chi connectivity index (χ2n) is 3.78. The molecule has 0 saturated carbocycles. The van der Waals surface area contributed by atoms with Gasteiger partial charge in [0.1, 0.15) is 0 Å². The quantitative estimate of drug-likeness (QED) is 0.766. The molecule has 0 amide bonds. The van der Waals surface area contributed by atoms with Crippen LogP contribution in [0.5, 0.6) is 0 Å². The van der Waals surface area contributed by atoms with E-state index in [1.165, 1.54) is 6.07 Å². The Bertz CT molecular complexity index is 437. The lowest BCUT2D eigenvalue weighted by atomic mass is 9.96. The van der Waals surface area contributed by atoms with Crippen molar-refractivity contribution in [3.05, 3.63) is 34.9 Å². The van der Waals surface area contributed by atoms with Crippen LogP contribution in [0, 0.1) is 0 Å². The van der Waals surface area contributed by atoms with Gasteiger partial charge in [-0.3, -0.25) is 4.79 Å². The second-order valence-corrected chi connectivity index (χ2v) is 3.78. The van der Waals surface area contributed by atoms with Crippen LogP contribution in [0.25, 0.3) is 0 Å². The predicted octanol–water partition coefficient (Wildman–Crippen LogP) is 1.96. The Morgan fingerprint density at radius 1 is 1.29 bits per heavy atom. The van der Waals surface area contributed by atoms with Crippen molar-refractivity contribution in [3.63, 3.8) is 0 Å². The third kappa shape index (κ3) is 2.91. The first kappa shape index (κ1) is 13.4. The van der Waals surface area contributed by atoms with Crippen molar-refractivity contribution in [1.82, 2.24) is 0 Å². The summed E-state index contributed by atoms with van der Waals surface area (Å²) in [4.78, 5) is 22.2. The number of ketones is 1. The highest BCUT2D eigenvalue weighted by atomic mass is 16.4. The summed E-state index contributed by atoms with van der Waals surface area (Å²) in [6.07, 6.45) is -0.551. The fraction of sp³-hybridized carbons (Fsp3) is 0.385. The van der Waals surface area contributed by atoms with Gasteiger partial charge in [-0.25, -0.2) is 4.79 Å². The van der Waals surface area contributed by atoms with E-state index in [1.54, 1.807) is 19.1 Å². The Labute approximate surface area is 99.9 Å². The lowest BCUT2D eigenvalue weighted by Crippen LogP contribution is -2.13. The van der Waals surface area contributed by atoms with Gasteiger partial charge in [0, 0.05) is 12.0 Å². The molecule has 0 aromatic heterocycles. The average molecular weight is 236 g/mol. The molecule has 0 saturated heterocycles. The Balaban J connectivity index is 3.18.